The molecule has 0 saturated carbocycles. The van der Waals surface area contributed by atoms with E-state index in [4.69, 9.17) is 23.2 Å². The number of rotatable bonds is 1. The second-order valence-electron chi connectivity index (χ2n) is 4.05. The average Bonchev–Trinajstić information content (AvgIpc) is 2.34. The molecule has 0 aliphatic heterocycles. The molecule has 0 aliphatic rings. The smallest absolute Gasteiger partial charge is 0.329 e. The zero-order valence-electron chi connectivity index (χ0n) is 10.8. The number of carbonyl (C=O) groups excluding carboxylic acids is 2. The van der Waals surface area contributed by atoms with E-state index in [-0.39, 0.29) is 15.7 Å². The third-order valence-electron chi connectivity index (χ3n) is 2.20. The number of nitrogens with zero attached hydrogens (tertiary/aromatic N) is 2. The van der Waals surface area contributed by atoms with Crippen molar-refractivity contribution in [3.63, 3.8) is 0 Å². The molecule has 1 aromatic carbocycles. The van der Waals surface area contributed by atoms with Crippen LogP contribution in [0.25, 0.3) is 0 Å². The second-order valence-corrected chi connectivity index (χ2v) is 4.89. The number of hydrogen-bond acceptors (Lipinski definition) is 2. The highest BCUT2D eigenvalue weighted by Crippen LogP contribution is 2.29. The molecular formula is C11H10Cl2F3N3O2. The molecule has 5 nitrogen and oxygen atoms in total. The highest BCUT2D eigenvalue weighted by atomic mass is 35.5. The Balaban J connectivity index is 3.20. The largest absolute Gasteiger partial charge is 0.472 e. The summed E-state index contributed by atoms with van der Waals surface area (Å²) in [6.07, 6.45) is -5.15. The fraction of sp³-hybridized carbons (Fsp3) is 0.273. The van der Waals surface area contributed by atoms with Crippen LogP contribution in [0.5, 0.6) is 0 Å². The van der Waals surface area contributed by atoms with Gasteiger partial charge in [-0.2, -0.15) is 13.2 Å². The molecule has 10 heteroatoms. The van der Waals surface area contributed by atoms with Gasteiger partial charge in [-0.25, -0.2) is 9.80 Å². The summed E-state index contributed by atoms with van der Waals surface area (Å²) in [5.41, 5.74) is 1.32. The van der Waals surface area contributed by atoms with Crippen LogP contribution in [0.3, 0.4) is 0 Å². The molecule has 0 saturated heterocycles. The number of benzene rings is 1. The lowest BCUT2D eigenvalue weighted by Gasteiger charge is -2.27. The maximum atomic E-state index is 12.3. The van der Waals surface area contributed by atoms with Crippen LogP contribution < -0.4 is 10.4 Å². The maximum absolute atomic E-state index is 12.3. The number of urea groups is 1. The summed E-state index contributed by atoms with van der Waals surface area (Å²) in [5.74, 6) is -2.30. The predicted octanol–water partition coefficient (Wildman–Crippen LogP) is 3.07. The van der Waals surface area contributed by atoms with Crippen LogP contribution in [0.4, 0.5) is 23.7 Å². The van der Waals surface area contributed by atoms with Crippen LogP contribution in [0.2, 0.25) is 10.0 Å². The Morgan fingerprint density at radius 2 is 1.76 bits per heavy atom. The van der Waals surface area contributed by atoms with Crippen LogP contribution in [0.1, 0.15) is 0 Å². The van der Waals surface area contributed by atoms with Crippen molar-refractivity contribution in [1.29, 1.82) is 0 Å². The van der Waals surface area contributed by atoms with Crippen molar-refractivity contribution in [2.24, 2.45) is 0 Å². The molecular weight excluding hydrogens is 334 g/mol. The van der Waals surface area contributed by atoms with E-state index >= 15 is 0 Å². The van der Waals surface area contributed by atoms with Gasteiger partial charge >= 0.3 is 18.1 Å². The van der Waals surface area contributed by atoms with E-state index in [0.717, 1.165) is 4.90 Å². The summed E-state index contributed by atoms with van der Waals surface area (Å²) < 4.78 is 37.0. The van der Waals surface area contributed by atoms with Gasteiger partial charge in [-0.1, -0.05) is 23.2 Å². The van der Waals surface area contributed by atoms with Crippen LogP contribution in [0, 0.1) is 0 Å². The van der Waals surface area contributed by atoms with E-state index in [9.17, 15) is 22.8 Å². The van der Waals surface area contributed by atoms with Gasteiger partial charge in [0.1, 0.15) is 0 Å². The molecule has 0 spiro atoms. The van der Waals surface area contributed by atoms with Gasteiger partial charge in [0, 0.05) is 19.1 Å². The Morgan fingerprint density at radius 1 is 1.19 bits per heavy atom. The zero-order valence-corrected chi connectivity index (χ0v) is 12.3. The Hall–Kier alpha value is -1.67. The van der Waals surface area contributed by atoms with Crippen LogP contribution in [-0.4, -0.2) is 37.1 Å². The van der Waals surface area contributed by atoms with Gasteiger partial charge in [-0.05, 0) is 18.2 Å². The molecule has 0 aromatic heterocycles. The molecule has 0 radical (unpaired) electrons. The topological polar surface area (TPSA) is 52.7 Å². The maximum Gasteiger partial charge on any atom is 0.472 e. The predicted molar refractivity (Wildman–Crippen MR) is 72.2 cm³/mol. The van der Waals surface area contributed by atoms with Gasteiger partial charge < -0.3 is 4.90 Å². The number of nitrogens with one attached hydrogen (secondary N) is 1. The number of amides is 3. The second kappa shape index (κ2) is 6.40. The highest BCUT2D eigenvalue weighted by Gasteiger charge is 2.41. The van der Waals surface area contributed by atoms with Crippen molar-refractivity contribution in [2.45, 2.75) is 6.18 Å². The van der Waals surface area contributed by atoms with Gasteiger partial charge in [0.05, 0.1) is 10.7 Å². The Labute approximate surface area is 128 Å². The Morgan fingerprint density at radius 3 is 2.19 bits per heavy atom. The molecule has 1 N–H and O–H groups in total. The minimum Gasteiger partial charge on any atom is -0.329 e. The number of alkyl halides is 3. The molecule has 0 atom stereocenters. The summed E-state index contributed by atoms with van der Waals surface area (Å²) in [6, 6.07) is 2.84. The first-order chi connectivity index (χ1) is 9.54. The van der Waals surface area contributed by atoms with E-state index in [1.807, 2.05) is 0 Å². The first-order valence-electron chi connectivity index (χ1n) is 5.38. The number of anilines is 1. The summed E-state index contributed by atoms with van der Waals surface area (Å²) >= 11 is 11.5. The summed E-state index contributed by atoms with van der Waals surface area (Å²) in [5, 5.41) is 0.525. The van der Waals surface area contributed by atoms with Gasteiger partial charge in [0.25, 0.3) is 0 Å². The van der Waals surface area contributed by atoms with Crippen molar-refractivity contribution in [3.05, 3.63) is 28.2 Å². The van der Waals surface area contributed by atoms with Gasteiger partial charge in [-0.3, -0.25) is 10.2 Å². The first-order valence-corrected chi connectivity index (χ1v) is 6.14. The quantitative estimate of drug-likeness (QED) is 0.796. The van der Waals surface area contributed by atoms with Crippen LogP contribution in [-0.2, 0) is 4.79 Å². The SMILES string of the molecule is CN(C)C(=O)N(NC(=O)C(F)(F)F)c1ccc(Cl)cc1Cl. The first kappa shape index (κ1) is 17.4. The molecule has 1 rings (SSSR count). The number of halogens is 5. The normalized spacial score (nSPS) is 11.0. The molecule has 116 valence electrons. The lowest BCUT2D eigenvalue weighted by molar-refractivity contribution is -0.173. The fourth-order valence-corrected chi connectivity index (χ4v) is 1.73. The average molecular weight is 344 g/mol. The van der Waals surface area contributed by atoms with Crippen molar-refractivity contribution in [3.8, 4) is 0 Å². The molecule has 0 heterocycles. The molecule has 3 amide bonds. The van der Waals surface area contributed by atoms with Crippen LogP contribution >= 0.6 is 23.2 Å². The van der Waals surface area contributed by atoms with Crippen molar-refractivity contribution < 1.29 is 22.8 Å². The van der Waals surface area contributed by atoms with Crippen molar-refractivity contribution in [2.75, 3.05) is 19.1 Å². The number of hydrazine groups is 1. The number of hydrogen-bond donors (Lipinski definition) is 1. The number of carbonyl (C=O) groups is 2. The van der Waals surface area contributed by atoms with E-state index in [2.05, 4.69) is 0 Å². The molecule has 0 bridgehead atoms. The molecule has 0 unspecified atom stereocenters. The highest BCUT2D eigenvalue weighted by molar-refractivity contribution is 6.36. The van der Waals surface area contributed by atoms with Gasteiger partial charge in [-0.15, -0.1) is 0 Å². The summed E-state index contributed by atoms with van der Waals surface area (Å²) in [7, 11) is 2.61. The third kappa shape index (κ3) is 4.40. The molecule has 0 fully saturated rings. The van der Waals surface area contributed by atoms with Gasteiger partial charge in [0.15, 0.2) is 0 Å². The summed E-state index contributed by atoms with van der Waals surface area (Å²) in [6.45, 7) is 0. The van der Waals surface area contributed by atoms with Crippen molar-refractivity contribution in [1.82, 2.24) is 10.3 Å². The van der Waals surface area contributed by atoms with Crippen LogP contribution in [0.15, 0.2) is 18.2 Å². The minimum atomic E-state index is -5.15. The molecule has 0 aliphatic carbocycles. The van der Waals surface area contributed by atoms with Gasteiger partial charge in [0.2, 0.25) is 0 Å². The Bertz CT molecular complexity index is 564. The van der Waals surface area contributed by atoms with E-state index in [1.165, 1.54) is 37.7 Å². The monoisotopic (exact) mass is 343 g/mol. The third-order valence-corrected chi connectivity index (χ3v) is 2.73. The van der Waals surface area contributed by atoms with E-state index in [0.29, 0.717) is 5.01 Å². The fourth-order valence-electron chi connectivity index (χ4n) is 1.24. The minimum absolute atomic E-state index is 0.0971. The Kier molecular flexibility index (Phi) is 5.30. The lowest BCUT2D eigenvalue weighted by Crippen LogP contribution is -2.54. The molecule has 21 heavy (non-hydrogen) atoms. The summed E-state index contributed by atoms with van der Waals surface area (Å²) in [4.78, 5) is 23.9. The molecule has 1 aromatic rings. The van der Waals surface area contributed by atoms with E-state index < -0.39 is 18.1 Å². The standard InChI is InChI=1S/C11H10Cl2F3N3O2/c1-18(2)10(21)19(17-9(20)11(14,15)16)8-4-3-6(12)5-7(8)13/h3-5H,1-2H3,(H,17,20). The van der Waals surface area contributed by atoms with Crippen molar-refractivity contribution >= 4 is 40.8 Å². The van der Waals surface area contributed by atoms with E-state index in [1.54, 1.807) is 0 Å². The lowest BCUT2D eigenvalue weighted by atomic mass is 10.3. The zero-order chi connectivity index (χ0) is 16.4.